The third-order valence-electron chi connectivity index (χ3n) is 4.97. The minimum Gasteiger partial charge on any atom is -0.493 e. The van der Waals surface area contributed by atoms with E-state index in [4.69, 9.17) is 9.26 Å². The van der Waals surface area contributed by atoms with Gasteiger partial charge in [-0.25, -0.2) is 0 Å². The Balaban J connectivity index is 1.56. The van der Waals surface area contributed by atoms with Gasteiger partial charge in [-0.15, -0.1) is 0 Å². The number of hydrogen-bond donors (Lipinski definition) is 0. The van der Waals surface area contributed by atoms with Gasteiger partial charge >= 0.3 is 0 Å². The number of amides is 1. The summed E-state index contributed by atoms with van der Waals surface area (Å²) in [6, 6.07) is 15.7. The molecule has 1 atom stereocenters. The van der Waals surface area contributed by atoms with Gasteiger partial charge in [0.1, 0.15) is 5.75 Å². The van der Waals surface area contributed by atoms with Gasteiger partial charge in [-0.1, -0.05) is 36.3 Å². The number of carbonyl (C=O) groups excluding carboxylic acids is 1. The second-order valence-electron chi connectivity index (χ2n) is 6.81. The van der Waals surface area contributed by atoms with Crippen LogP contribution in [0.1, 0.15) is 37.6 Å². The fourth-order valence-electron chi connectivity index (χ4n) is 3.51. The molecule has 4 rings (SSSR count). The highest BCUT2D eigenvalue weighted by Crippen LogP contribution is 2.34. The van der Waals surface area contributed by atoms with Crippen LogP contribution in [0.3, 0.4) is 0 Å². The van der Waals surface area contributed by atoms with Crippen LogP contribution in [0.2, 0.25) is 0 Å². The smallest absolute Gasteiger partial charge is 0.232 e. The lowest BCUT2D eigenvalue weighted by Crippen LogP contribution is -2.24. The van der Waals surface area contributed by atoms with Crippen LogP contribution in [0.4, 0.5) is 5.69 Å². The van der Waals surface area contributed by atoms with Crippen LogP contribution in [-0.4, -0.2) is 29.2 Å². The van der Waals surface area contributed by atoms with Gasteiger partial charge in [0.2, 0.25) is 17.6 Å². The molecule has 6 heteroatoms. The van der Waals surface area contributed by atoms with E-state index in [1.165, 1.54) is 5.56 Å². The highest BCUT2D eigenvalue weighted by atomic mass is 16.5. The van der Waals surface area contributed by atoms with Gasteiger partial charge in [0.05, 0.1) is 18.1 Å². The molecule has 2 heterocycles. The van der Waals surface area contributed by atoms with E-state index >= 15 is 0 Å². The lowest BCUT2D eigenvalue weighted by Gasteiger charge is -2.16. The number of hydrogen-bond acceptors (Lipinski definition) is 5. The van der Waals surface area contributed by atoms with Crippen molar-refractivity contribution < 1.29 is 14.1 Å². The summed E-state index contributed by atoms with van der Waals surface area (Å²) >= 11 is 0. The van der Waals surface area contributed by atoms with Gasteiger partial charge in [0.25, 0.3) is 0 Å². The lowest BCUT2D eigenvalue weighted by atomic mass is 10.1. The first-order valence-electron chi connectivity index (χ1n) is 9.64. The summed E-state index contributed by atoms with van der Waals surface area (Å²) in [5.74, 6) is 1.66. The van der Waals surface area contributed by atoms with Crippen LogP contribution < -0.4 is 9.64 Å². The number of anilines is 1. The van der Waals surface area contributed by atoms with Gasteiger partial charge in [0.15, 0.2) is 0 Å². The second kappa shape index (κ2) is 7.84. The Kier molecular flexibility index (Phi) is 5.10. The molecule has 1 saturated heterocycles. The summed E-state index contributed by atoms with van der Waals surface area (Å²) in [7, 11) is 0. The van der Waals surface area contributed by atoms with E-state index in [9.17, 15) is 4.79 Å². The van der Waals surface area contributed by atoms with Crippen molar-refractivity contribution in [1.82, 2.24) is 10.1 Å². The molecule has 1 unspecified atom stereocenters. The van der Waals surface area contributed by atoms with Crippen molar-refractivity contribution in [3.63, 3.8) is 0 Å². The molecule has 144 valence electrons. The van der Waals surface area contributed by atoms with E-state index in [0.717, 1.165) is 23.4 Å². The first-order valence-corrected chi connectivity index (χ1v) is 9.64. The molecule has 1 fully saturated rings. The van der Waals surface area contributed by atoms with Gasteiger partial charge in [-0.05, 0) is 43.2 Å². The highest BCUT2D eigenvalue weighted by molar-refractivity contribution is 5.96. The molecule has 0 aliphatic carbocycles. The summed E-state index contributed by atoms with van der Waals surface area (Å²) in [6.45, 7) is 5.14. The number of aryl methyl sites for hydroxylation is 1. The van der Waals surface area contributed by atoms with Crippen molar-refractivity contribution in [1.29, 1.82) is 0 Å². The Morgan fingerprint density at radius 2 is 2.04 bits per heavy atom. The average molecular weight is 377 g/mol. The standard InChI is InChI=1S/C22H23N3O3/c1-3-15-8-7-9-17(12-15)25-14-16(13-20(25)26)22-23-21(24-28-22)18-10-5-6-11-19(18)27-4-2/h5-12,16H,3-4,13-14H2,1-2H3. The molecule has 3 aromatic rings. The van der Waals surface area contributed by atoms with Gasteiger partial charge in [-0.2, -0.15) is 4.98 Å². The fraction of sp³-hybridized carbons (Fsp3) is 0.318. The van der Waals surface area contributed by atoms with Gasteiger partial charge in [-0.3, -0.25) is 4.79 Å². The van der Waals surface area contributed by atoms with Crippen LogP contribution >= 0.6 is 0 Å². The normalized spacial score (nSPS) is 16.6. The largest absolute Gasteiger partial charge is 0.493 e. The predicted octanol–water partition coefficient (Wildman–Crippen LogP) is 4.22. The molecule has 0 saturated carbocycles. The number of para-hydroxylation sites is 1. The van der Waals surface area contributed by atoms with Crippen molar-refractivity contribution in [3.8, 4) is 17.1 Å². The van der Waals surface area contributed by atoms with Gasteiger partial charge in [0, 0.05) is 18.7 Å². The summed E-state index contributed by atoms with van der Waals surface area (Å²) in [6.07, 6.45) is 1.30. The molecule has 1 aliphatic heterocycles. The molecule has 1 aromatic heterocycles. The summed E-state index contributed by atoms with van der Waals surface area (Å²) in [4.78, 5) is 19.0. The maximum Gasteiger partial charge on any atom is 0.232 e. The first kappa shape index (κ1) is 18.2. The average Bonchev–Trinajstić information content (AvgIpc) is 3.36. The van der Waals surface area contributed by atoms with E-state index in [2.05, 4.69) is 29.2 Å². The van der Waals surface area contributed by atoms with E-state index < -0.39 is 0 Å². The predicted molar refractivity (Wildman–Crippen MR) is 106 cm³/mol. The summed E-state index contributed by atoms with van der Waals surface area (Å²) in [5.41, 5.74) is 2.92. The third kappa shape index (κ3) is 3.50. The van der Waals surface area contributed by atoms with Crippen molar-refractivity contribution in [2.45, 2.75) is 32.6 Å². The third-order valence-corrected chi connectivity index (χ3v) is 4.97. The molecule has 1 amide bonds. The van der Waals surface area contributed by atoms with E-state index in [1.54, 1.807) is 0 Å². The minimum atomic E-state index is -0.113. The monoisotopic (exact) mass is 377 g/mol. The highest BCUT2D eigenvalue weighted by Gasteiger charge is 2.35. The van der Waals surface area contributed by atoms with Crippen LogP contribution in [0, 0.1) is 0 Å². The summed E-state index contributed by atoms with van der Waals surface area (Å²) in [5, 5.41) is 4.13. The van der Waals surface area contributed by atoms with Crippen molar-refractivity contribution in [3.05, 3.63) is 60.0 Å². The van der Waals surface area contributed by atoms with E-state index in [1.807, 2.05) is 48.2 Å². The quantitative estimate of drug-likeness (QED) is 0.643. The van der Waals surface area contributed by atoms with Crippen molar-refractivity contribution in [2.24, 2.45) is 0 Å². The molecule has 1 aliphatic rings. The van der Waals surface area contributed by atoms with Crippen LogP contribution in [0.5, 0.6) is 5.75 Å². The molecule has 0 radical (unpaired) electrons. The molecular weight excluding hydrogens is 354 g/mol. The molecule has 6 nitrogen and oxygen atoms in total. The molecular formula is C22H23N3O3. The topological polar surface area (TPSA) is 68.5 Å². The maximum absolute atomic E-state index is 12.6. The van der Waals surface area contributed by atoms with Crippen LogP contribution in [0.15, 0.2) is 53.1 Å². The first-order chi connectivity index (χ1) is 13.7. The lowest BCUT2D eigenvalue weighted by molar-refractivity contribution is -0.117. The number of rotatable bonds is 6. The zero-order chi connectivity index (χ0) is 19.5. The Labute approximate surface area is 164 Å². The SMILES string of the molecule is CCOc1ccccc1-c1noc(C2CC(=O)N(c3cccc(CC)c3)C2)n1. The van der Waals surface area contributed by atoms with Gasteiger partial charge < -0.3 is 14.2 Å². The van der Waals surface area contributed by atoms with E-state index in [0.29, 0.717) is 31.3 Å². The van der Waals surface area contributed by atoms with Crippen LogP contribution in [0.25, 0.3) is 11.4 Å². The number of ether oxygens (including phenoxy) is 1. The Hall–Kier alpha value is -3.15. The number of benzene rings is 2. The Bertz CT molecular complexity index is 982. The zero-order valence-corrected chi connectivity index (χ0v) is 16.1. The van der Waals surface area contributed by atoms with Crippen molar-refractivity contribution in [2.75, 3.05) is 18.1 Å². The Morgan fingerprint density at radius 1 is 1.18 bits per heavy atom. The summed E-state index contributed by atoms with van der Waals surface area (Å²) < 4.78 is 11.2. The van der Waals surface area contributed by atoms with E-state index in [-0.39, 0.29) is 11.8 Å². The van der Waals surface area contributed by atoms with Crippen LogP contribution in [-0.2, 0) is 11.2 Å². The molecule has 0 bridgehead atoms. The molecule has 0 N–H and O–H groups in total. The van der Waals surface area contributed by atoms with Crippen molar-refractivity contribution >= 4 is 11.6 Å². The molecule has 0 spiro atoms. The Morgan fingerprint density at radius 3 is 2.86 bits per heavy atom. The number of nitrogens with zero attached hydrogens (tertiary/aromatic N) is 3. The molecule has 28 heavy (non-hydrogen) atoms. The second-order valence-corrected chi connectivity index (χ2v) is 6.81. The fourth-order valence-corrected chi connectivity index (χ4v) is 3.51. The maximum atomic E-state index is 12.6. The number of carbonyl (C=O) groups is 1. The number of aromatic nitrogens is 2. The molecule has 2 aromatic carbocycles. The minimum absolute atomic E-state index is 0.0766. The zero-order valence-electron chi connectivity index (χ0n) is 16.1.